The second-order valence-electron chi connectivity index (χ2n) is 4.85. The Morgan fingerprint density at radius 1 is 1.12 bits per heavy atom. The van der Waals surface area contributed by atoms with Gasteiger partial charge < -0.3 is 10.3 Å². The Labute approximate surface area is 145 Å². The molecule has 0 unspecified atom stereocenters. The minimum Gasteiger partial charge on any atom is -0.325 e. The monoisotopic (exact) mass is 397 g/mol. The van der Waals surface area contributed by atoms with E-state index in [9.17, 15) is 35.9 Å². The van der Waals surface area contributed by atoms with Gasteiger partial charge in [-0.3, -0.25) is 9.59 Å². The summed E-state index contributed by atoms with van der Waals surface area (Å²) in [4.78, 5) is 28.2. The topological polar surface area (TPSA) is 74.8 Å². The Kier molecular flexibility index (Phi) is 5.64. The lowest BCUT2D eigenvalue weighted by molar-refractivity contribution is -0.141. The van der Waals surface area contributed by atoms with Gasteiger partial charge in [-0.05, 0) is 18.2 Å². The van der Waals surface area contributed by atoms with Gasteiger partial charge in [-0.15, -0.1) is 0 Å². The fourth-order valence-electron chi connectivity index (χ4n) is 1.75. The molecule has 140 valence electrons. The summed E-state index contributed by atoms with van der Waals surface area (Å²) in [5.41, 5.74) is -3.56. The van der Waals surface area contributed by atoms with Crippen molar-refractivity contribution in [2.24, 2.45) is 0 Å². The number of carbonyl (C=O) groups is 1. The van der Waals surface area contributed by atoms with Crippen molar-refractivity contribution in [1.29, 1.82) is 0 Å². The summed E-state index contributed by atoms with van der Waals surface area (Å²) in [7, 11) is 0. The van der Waals surface area contributed by atoms with Crippen molar-refractivity contribution in [2.75, 3.05) is 11.1 Å². The van der Waals surface area contributed by atoms with Crippen molar-refractivity contribution >= 4 is 23.4 Å². The molecule has 0 fully saturated rings. The van der Waals surface area contributed by atoms with Crippen LogP contribution in [-0.2, 0) is 17.1 Å². The van der Waals surface area contributed by atoms with Gasteiger partial charge >= 0.3 is 12.4 Å². The summed E-state index contributed by atoms with van der Waals surface area (Å²) < 4.78 is 75.5. The maximum absolute atomic E-state index is 12.6. The van der Waals surface area contributed by atoms with Crippen LogP contribution in [-0.4, -0.2) is 21.6 Å². The summed E-state index contributed by atoms with van der Waals surface area (Å²) in [6, 6.07) is 4.13. The Morgan fingerprint density at radius 2 is 1.81 bits per heavy atom. The molecule has 12 heteroatoms. The molecule has 1 heterocycles. The highest BCUT2D eigenvalue weighted by molar-refractivity contribution is 7.99. The number of anilines is 1. The molecule has 0 aliphatic carbocycles. The number of benzene rings is 1. The van der Waals surface area contributed by atoms with E-state index in [1.807, 2.05) is 4.98 Å². The normalized spacial score (nSPS) is 12.1. The molecule has 5 nitrogen and oxygen atoms in total. The van der Waals surface area contributed by atoms with Crippen molar-refractivity contribution in [3.8, 4) is 0 Å². The molecular formula is C14H9F6N3O2S. The van der Waals surface area contributed by atoms with Crippen molar-refractivity contribution < 1.29 is 31.1 Å². The van der Waals surface area contributed by atoms with Crippen molar-refractivity contribution in [1.82, 2.24) is 9.97 Å². The minimum absolute atomic E-state index is 0.129. The maximum atomic E-state index is 12.6. The van der Waals surface area contributed by atoms with Crippen LogP contribution in [0.2, 0.25) is 0 Å². The van der Waals surface area contributed by atoms with E-state index in [0.29, 0.717) is 17.8 Å². The van der Waals surface area contributed by atoms with E-state index in [1.54, 1.807) is 0 Å². The van der Waals surface area contributed by atoms with Gasteiger partial charge in [0.25, 0.3) is 5.56 Å². The first-order valence-corrected chi connectivity index (χ1v) is 7.72. The summed E-state index contributed by atoms with van der Waals surface area (Å²) in [5, 5.41) is 1.74. The Bertz CT molecular complexity index is 863. The smallest absolute Gasteiger partial charge is 0.325 e. The number of hydrogen-bond donors (Lipinski definition) is 2. The molecule has 2 rings (SSSR count). The van der Waals surface area contributed by atoms with Crippen LogP contribution in [0, 0.1) is 0 Å². The first-order chi connectivity index (χ1) is 11.9. The highest BCUT2D eigenvalue weighted by Gasteiger charge is 2.33. The van der Waals surface area contributed by atoms with Crippen molar-refractivity contribution in [3.63, 3.8) is 0 Å². The molecule has 2 N–H and O–H groups in total. The number of carbonyl (C=O) groups excluding carboxylic acids is 1. The predicted octanol–water partition coefficient (Wildman–Crippen LogP) is 3.54. The summed E-state index contributed by atoms with van der Waals surface area (Å²) in [6.45, 7) is 0. The quantitative estimate of drug-likeness (QED) is 0.470. The highest BCUT2D eigenvalue weighted by atomic mass is 32.2. The molecule has 0 spiro atoms. The number of hydrogen-bond acceptors (Lipinski definition) is 4. The average Bonchev–Trinajstić information content (AvgIpc) is 2.51. The molecule has 0 radical (unpaired) electrons. The number of rotatable bonds is 4. The molecule has 0 saturated heterocycles. The fraction of sp³-hybridized carbons (Fsp3) is 0.214. The van der Waals surface area contributed by atoms with E-state index < -0.39 is 46.0 Å². The summed E-state index contributed by atoms with van der Waals surface area (Å²) in [5.74, 6) is -1.25. The van der Waals surface area contributed by atoms with Gasteiger partial charge in [0.2, 0.25) is 5.91 Å². The van der Waals surface area contributed by atoms with Gasteiger partial charge in [-0.2, -0.15) is 26.3 Å². The zero-order valence-corrected chi connectivity index (χ0v) is 13.4. The number of aromatic amines is 1. The Hall–Kier alpha value is -2.50. The summed E-state index contributed by atoms with van der Waals surface area (Å²) in [6.07, 6.45) is -9.42. The second-order valence-corrected chi connectivity index (χ2v) is 5.81. The molecule has 0 aliphatic rings. The molecule has 0 atom stereocenters. The first kappa shape index (κ1) is 19.8. The van der Waals surface area contributed by atoms with Crippen LogP contribution >= 0.6 is 11.8 Å². The van der Waals surface area contributed by atoms with E-state index in [0.717, 1.165) is 12.1 Å². The first-order valence-electron chi connectivity index (χ1n) is 6.73. The number of H-pyrrole nitrogens is 1. The van der Waals surface area contributed by atoms with Crippen LogP contribution in [0.3, 0.4) is 0 Å². The standard InChI is InChI=1S/C14H9F6N3O2S/c15-13(16,17)7-2-1-3-8(4-7)21-11(25)6-26-12-22-9(14(18,19)20)5-10(24)23-12/h1-5H,6H2,(H,21,25)(H,22,23,24). The van der Waals surface area contributed by atoms with E-state index in [4.69, 9.17) is 0 Å². The lowest BCUT2D eigenvalue weighted by atomic mass is 10.2. The highest BCUT2D eigenvalue weighted by Crippen LogP contribution is 2.31. The van der Waals surface area contributed by atoms with Crippen LogP contribution in [0.4, 0.5) is 32.0 Å². The lowest BCUT2D eigenvalue weighted by Gasteiger charge is -2.10. The van der Waals surface area contributed by atoms with E-state index in [2.05, 4.69) is 10.3 Å². The molecule has 0 aliphatic heterocycles. The minimum atomic E-state index is -4.83. The molecule has 0 saturated carbocycles. The molecule has 26 heavy (non-hydrogen) atoms. The fourth-order valence-corrected chi connectivity index (χ4v) is 2.43. The number of nitrogens with one attached hydrogen (secondary N) is 2. The van der Waals surface area contributed by atoms with E-state index >= 15 is 0 Å². The molecule has 1 aromatic heterocycles. The third-order valence-electron chi connectivity index (χ3n) is 2.82. The van der Waals surface area contributed by atoms with Crippen LogP contribution in [0.15, 0.2) is 40.3 Å². The van der Waals surface area contributed by atoms with E-state index in [1.165, 1.54) is 6.07 Å². The molecule has 1 amide bonds. The van der Waals surface area contributed by atoms with Crippen LogP contribution in [0.25, 0.3) is 0 Å². The number of thioether (sulfide) groups is 1. The third-order valence-corrected chi connectivity index (χ3v) is 3.70. The number of amides is 1. The Balaban J connectivity index is 2.04. The van der Waals surface area contributed by atoms with Crippen LogP contribution in [0.5, 0.6) is 0 Å². The van der Waals surface area contributed by atoms with Crippen LogP contribution < -0.4 is 10.9 Å². The third kappa shape index (κ3) is 5.51. The number of nitrogens with zero attached hydrogens (tertiary/aromatic N) is 1. The van der Waals surface area contributed by atoms with Crippen molar-refractivity contribution in [3.05, 3.63) is 51.9 Å². The SMILES string of the molecule is O=C(CSc1nc(C(F)(F)F)cc(=O)[nH]1)Nc1cccc(C(F)(F)F)c1. The zero-order chi connectivity index (χ0) is 19.5. The number of halogens is 6. The van der Waals surface area contributed by atoms with Gasteiger partial charge in [-0.1, -0.05) is 17.8 Å². The van der Waals surface area contributed by atoms with E-state index in [-0.39, 0.29) is 11.8 Å². The van der Waals surface area contributed by atoms with Gasteiger partial charge in [0, 0.05) is 11.8 Å². The Morgan fingerprint density at radius 3 is 2.42 bits per heavy atom. The van der Waals surface area contributed by atoms with Crippen LogP contribution in [0.1, 0.15) is 11.3 Å². The lowest BCUT2D eigenvalue weighted by Crippen LogP contribution is -2.18. The molecule has 0 bridgehead atoms. The van der Waals surface area contributed by atoms with Crippen molar-refractivity contribution in [2.45, 2.75) is 17.5 Å². The predicted molar refractivity (Wildman–Crippen MR) is 80.7 cm³/mol. The van der Waals surface area contributed by atoms with Gasteiger partial charge in [0.05, 0.1) is 11.3 Å². The largest absolute Gasteiger partial charge is 0.433 e. The number of alkyl halides is 6. The second kappa shape index (κ2) is 7.40. The van der Waals surface area contributed by atoms with Gasteiger partial charge in [0.15, 0.2) is 10.9 Å². The maximum Gasteiger partial charge on any atom is 0.433 e. The molecule has 2 aromatic rings. The average molecular weight is 397 g/mol. The van der Waals surface area contributed by atoms with Gasteiger partial charge in [0.1, 0.15) is 0 Å². The zero-order valence-electron chi connectivity index (χ0n) is 12.5. The number of aromatic nitrogens is 2. The summed E-state index contributed by atoms with van der Waals surface area (Å²) >= 11 is 0.501. The van der Waals surface area contributed by atoms with Gasteiger partial charge in [-0.25, -0.2) is 4.98 Å². The molecular weight excluding hydrogens is 388 g/mol. The molecule has 1 aromatic carbocycles.